The molecule has 110 valence electrons. The van der Waals surface area contributed by atoms with E-state index in [4.69, 9.17) is 16.7 Å². The van der Waals surface area contributed by atoms with Crippen molar-refractivity contribution in [2.45, 2.75) is 25.8 Å². The van der Waals surface area contributed by atoms with E-state index in [0.29, 0.717) is 11.9 Å². The number of carboxylic acids is 1. The van der Waals surface area contributed by atoms with E-state index < -0.39 is 5.97 Å². The molecule has 0 saturated carbocycles. The molecular formula is C14H20ClN3O2. The largest absolute Gasteiger partial charge is 0.478 e. The van der Waals surface area contributed by atoms with Crippen molar-refractivity contribution in [1.82, 2.24) is 9.88 Å². The number of nitrogens with zero attached hydrogens (tertiary/aromatic N) is 3. The Balaban J connectivity index is 2.12. The van der Waals surface area contributed by atoms with Gasteiger partial charge >= 0.3 is 5.97 Å². The van der Waals surface area contributed by atoms with Crippen molar-refractivity contribution in [1.29, 1.82) is 0 Å². The van der Waals surface area contributed by atoms with Crippen molar-refractivity contribution in [3.05, 3.63) is 22.8 Å². The number of likely N-dealkylation sites (tertiary alicyclic amines) is 1. The van der Waals surface area contributed by atoms with Gasteiger partial charge in [0.25, 0.3) is 0 Å². The molecule has 2 rings (SSSR count). The Kier molecular flexibility index (Phi) is 4.83. The minimum absolute atomic E-state index is 0.172. The van der Waals surface area contributed by atoms with Crippen LogP contribution in [-0.4, -0.2) is 53.7 Å². The fourth-order valence-electron chi connectivity index (χ4n) is 2.73. The second-order valence-corrected chi connectivity index (χ2v) is 5.53. The standard InChI is InChI=1S/C14H20ClN3O2/c1-3-18-6-4-5-11(18)9-17(2)13-8-10(14(19)20)7-12(15)16-13/h7-8,11H,3-6,9H2,1-2H3,(H,19,20). The minimum atomic E-state index is -0.986. The van der Waals surface area contributed by atoms with E-state index in [1.165, 1.54) is 18.9 Å². The fraction of sp³-hybridized carbons (Fsp3) is 0.571. The van der Waals surface area contributed by atoms with Crippen molar-refractivity contribution >= 4 is 23.4 Å². The summed E-state index contributed by atoms with van der Waals surface area (Å²) in [5, 5.41) is 9.28. The molecule has 1 aliphatic rings. The summed E-state index contributed by atoms with van der Waals surface area (Å²) in [6, 6.07) is 3.44. The van der Waals surface area contributed by atoms with Crippen molar-refractivity contribution in [3.63, 3.8) is 0 Å². The first-order chi connectivity index (χ1) is 9.51. The molecule has 6 heteroatoms. The summed E-state index contributed by atoms with van der Waals surface area (Å²) in [7, 11) is 1.93. The number of anilines is 1. The normalized spacial score (nSPS) is 19.2. The average molecular weight is 298 g/mol. The van der Waals surface area contributed by atoms with Crippen LogP contribution in [0.4, 0.5) is 5.82 Å². The van der Waals surface area contributed by atoms with Crippen molar-refractivity contribution in [2.24, 2.45) is 0 Å². The molecule has 1 aromatic heterocycles. The van der Waals surface area contributed by atoms with Gasteiger partial charge in [0, 0.05) is 19.6 Å². The van der Waals surface area contributed by atoms with Crippen molar-refractivity contribution in [2.75, 3.05) is 31.6 Å². The number of likely N-dealkylation sites (N-methyl/N-ethyl adjacent to an activating group) is 2. The Morgan fingerprint density at radius 1 is 1.60 bits per heavy atom. The molecule has 1 aliphatic heterocycles. The SMILES string of the molecule is CCN1CCCC1CN(C)c1cc(C(=O)O)cc(Cl)n1. The topological polar surface area (TPSA) is 56.7 Å². The summed E-state index contributed by atoms with van der Waals surface area (Å²) >= 11 is 5.90. The molecule has 1 saturated heterocycles. The molecule has 0 radical (unpaired) electrons. The smallest absolute Gasteiger partial charge is 0.335 e. The molecule has 1 atom stereocenters. The molecule has 1 unspecified atom stereocenters. The highest BCUT2D eigenvalue weighted by Crippen LogP contribution is 2.21. The van der Waals surface area contributed by atoms with Crippen LogP contribution in [0.1, 0.15) is 30.1 Å². The van der Waals surface area contributed by atoms with Crippen LogP contribution in [0.25, 0.3) is 0 Å². The summed E-state index contributed by atoms with van der Waals surface area (Å²) in [4.78, 5) is 19.7. The number of aromatic carboxylic acids is 1. The van der Waals surface area contributed by atoms with Gasteiger partial charge in [-0.1, -0.05) is 18.5 Å². The van der Waals surface area contributed by atoms with Crippen LogP contribution in [0.15, 0.2) is 12.1 Å². The Labute approximate surface area is 124 Å². The maximum atomic E-state index is 11.1. The molecule has 1 aromatic rings. The second-order valence-electron chi connectivity index (χ2n) is 5.15. The fourth-order valence-corrected chi connectivity index (χ4v) is 2.93. The number of aromatic nitrogens is 1. The van der Waals surface area contributed by atoms with E-state index in [-0.39, 0.29) is 10.7 Å². The maximum Gasteiger partial charge on any atom is 0.335 e. The highest BCUT2D eigenvalue weighted by molar-refractivity contribution is 6.29. The molecule has 0 aromatic carbocycles. The Morgan fingerprint density at radius 2 is 2.35 bits per heavy atom. The van der Waals surface area contributed by atoms with E-state index in [1.807, 2.05) is 11.9 Å². The number of halogens is 1. The minimum Gasteiger partial charge on any atom is -0.478 e. The molecule has 1 fully saturated rings. The van der Waals surface area contributed by atoms with Gasteiger partial charge in [-0.3, -0.25) is 4.90 Å². The van der Waals surface area contributed by atoms with E-state index in [9.17, 15) is 4.79 Å². The van der Waals surface area contributed by atoms with Crippen molar-refractivity contribution in [3.8, 4) is 0 Å². The molecule has 0 aliphatic carbocycles. The lowest BCUT2D eigenvalue weighted by atomic mass is 10.2. The molecule has 1 N–H and O–H groups in total. The monoisotopic (exact) mass is 297 g/mol. The van der Waals surface area contributed by atoms with Gasteiger partial charge in [0.1, 0.15) is 11.0 Å². The zero-order valence-corrected chi connectivity index (χ0v) is 12.6. The highest BCUT2D eigenvalue weighted by atomic mass is 35.5. The Hall–Kier alpha value is -1.33. The van der Waals surface area contributed by atoms with Gasteiger partial charge < -0.3 is 10.0 Å². The molecule has 5 nitrogen and oxygen atoms in total. The molecule has 20 heavy (non-hydrogen) atoms. The predicted molar refractivity (Wildman–Crippen MR) is 79.7 cm³/mol. The van der Waals surface area contributed by atoms with E-state index in [1.54, 1.807) is 6.07 Å². The lowest BCUT2D eigenvalue weighted by Crippen LogP contribution is -2.39. The predicted octanol–water partition coefficient (Wildman–Crippen LogP) is 2.35. The molecule has 2 heterocycles. The number of hydrogen-bond donors (Lipinski definition) is 1. The summed E-state index contributed by atoms with van der Waals surface area (Å²) in [6.07, 6.45) is 2.39. The Morgan fingerprint density at radius 3 is 3.00 bits per heavy atom. The zero-order chi connectivity index (χ0) is 14.7. The van der Waals surface area contributed by atoms with Gasteiger partial charge in [-0.2, -0.15) is 0 Å². The summed E-state index contributed by atoms with van der Waals surface area (Å²) in [5.41, 5.74) is 0.172. The van der Waals surface area contributed by atoms with Gasteiger partial charge in [0.15, 0.2) is 0 Å². The number of carboxylic acid groups (broad SMARTS) is 1. The summed E-state index contributed by atoms with van der Waals surface area (Å²) in [5.74, 6) is -0.377. The van der Waals surface area contributed by atoms with Gasteiger partial charge in [-0.25, -0.2) is 9.78 Å². The van der Waals surface area contributed by atoms with Crippen LogP contribution in [0, 0.1) is 0 Å². The molecule has 0 amide bonds. The quantitative estimate of drug-likeness (QED) is 0.846. The van der Waals surface area contributed by atoms with Crippen molar-refractivity contribution < 1.29 is 9.90 Å². The molecule has 0 bridgehead atoms. The van der Waals surface area contributed by atoms with E-state index in [2.05, 4.69) is 16.8 Å². The maximum absolute atomic E-state index is 11.1. The molecular weight excluding hydrogens is 278 g/mol. The number of pyridine rings is 1. The number of carbonyl (C=O) groups is 1. The van der Waals surface area contributed by atoms with Gasteiger partial charge in [0.05, 0.1) is 5.56 Å². The van der Waals surface area contributed by atoms with Gasteiger partial charge in [0.2, 0.25) is 0 Å². The third kappa shape index (κ3) is 3.41. The average Bonchev–Trinajstić information content (AvgIpc) is 2.85. The van der Waals surface area contributed by atoms with Crippen LogP contribution in [0.5, 0.6) is 0 Å². The third-order valence-corrected chi connectivity index (χ3v) is 4.00. The summed E-state index contributed by atoms with van der Waals surface area (Å²) in [6.45, 7) is 5.18. The van der Waals surface area contributed by atoms with E-state index >= 15 is 0 Å². The van der Waals surface area contributed by atoms with Gasteiger partial charge in [-0.05, 0) is 38.1 Å². The van der Waals surface area contributed by atoms with E-state index in [0.717, 1.165) is 19.6 Å². The third-order valence-electron chi connectivity index (χ3n) is 3.81. The van der Waals surface area contributed by atoms with Crippen LogP contribution < -0.4 is 4.90 Å². The number of rotatable bonds is 5. The summed E-state index contributed by atoms with van der Waals surface area (Å²) < 4.78 is 0. The lowest BCUT2D eigenvalue weighted by Gasteiger charge is -2.28. The molecule has 0 spiro atoms. The van der Waals surface area contributed by atoms with Crippen LogP contribution in [0.3, 0.4) is 0 Å². The first-order valence-corrected chi connectivity index (χ1v) is 7.25. The first-order valence-electron chi connectivity index (χ1n) is 6.87. The lowest BCUT2D eigenvalue weighted by molar-refractivity contribution is 0.0697. The van der Waals surface area contributed by atoms with Crippen LogP contribution in [0.2, 0.25) is 5.15 Å². The second kappa shape index (κ2) is 6.41. The van der Waals surface area contributed by atoms with Crippen LogP contribution in [-0.2, 0) is 0 Å². The Bertz CT molecular complexity index is 495. The van der Waals surface area contributed by atoms with Gasteiger partial charge in [-0.15, -0.1) is 0 Å². The number of hydrogen-bond acceptors (Lipinski definition) is 4. The zero-order valence-electron chi connectivity index (χ0n) is 11.8. The van der Waals surface area contributed by atoms with Crippen LogP contribution >= 0.6 is 11.6 Å². The first kappa shape index (κ1) is 15.1. The highest BCUT2D eigenvalue weighted by Gasteiger charge is 2.24.